The van der Waals surface area contributed by atoms with Gasteiger partial charge in [0.15, 0.2) is 0 Å². The Hall–Kier alpha value is -0.820. The van der Waals surface area contributed by atoms with Crippen LogP contribution in [-0.2, 0) is 15.6 Å². The van der Waals surface area contributed by atoms with E-state index in [2.05, 4.69) is 19.1 Å². The topological polar surface area (TPSA) is 57.2 Å². The number of nitrogens with zero attached hydrogens (tertiary/aromatic N) is 3. The molecule has 0 fully saturated rings. The lowest BCUT2D eigenvalue weighted by atomic mass is 10.4. The van der Waals surface area contributed by atoms with Crippen LogP contribution in [0.15, 0.2) is 5.16 Å². The summed E-state index contributed by atoms with van der Waals surface area (Å²) in [6.45, 7) is 1.87. The van der Waals surface area contributed by atoms with Gasteiger partial charge in [-0.2, -0.15) is 4.21 Å². The first kappa shape index (κ1) is 11.3. The number of nitrogens with one attached hydrogen (secondary N) is 1. The molecule has 1 unspecified atom stereocenters. The summed E-state index contributed by atoms with van der Waals surface area (Å²) in [5, 5.41) is 3.63. The molecule has 1 N–H and O–H groups in total. The summed E-state index contributed by atoms with van der Waals surface area (Å²) in [4.78, 5) is 4.00. The Morgan fingerprint density at radius 3 is 2.64 bits per heavy atom. The number of guanidine groups is 1. The number of rotatable bonds is 4. The predicted octanol–water partition coefficient (Wildman–Crippen LogP) is -0.661. The Morgan fingerprint density at radius 2 is 2.14 bits per heavy atom. The van der Waals surface area contributed by atoms with E-state index >= 15 is 0 Å². The molecule has 0 radical (unpaired) electrons. The lowest BCUT2D eigenvalue weighted by Gasteiger charge is -2.17. The van der Waals surface area contributed by atoms with Crippen molar-refractivity contribution in [3.05, 3.63) is 0 Å². The molecule has 1 aliphatic heterocycles. The molecule has 0 amide bonds. The van der Waals surface area contributed by atoms with E-state index in [1.54, 1.807) is 0 Å². The largest absolute Gasteiger partial charge is 0.342 e. The fraction of sp³-hybridized carbons (Fsp3) is 0.857. The molecule has 1 rings (SSSR count). The third kappa shape index (κ3) is 3.51. The monoisotopic (exact) mass is 220 g/mol. The highest BCUT2D eigenvalue weighted by Gasteiger charge is 2.17. The minimum atomic E-state index is -1.49. The zero-order chi connectivity index (χ0) is 10.6. The van der Waals surface area contributed by atoms with Crippen molar-refractivity contribution in [3.8, 4) is 0 Å². The molecular formula is C7H16N4O2S. The molecule has 0 spiro atoms. The Balaban J connectivity index is 2.22. The maximum absolute atomic E-state index is 10.8. The van der Waals surface area contributed by atoms with Crippen molar-refractivity contribution in [3.63, 3.8) is 0 Å². The van der Waals surface area contributed by atoms with E-state index in [4.69, 9.17) is 0 Å². The van der Waals surface area contributed by atoms with Crippen LogP contribution in [0.25, 0.3) is 0 Å². The van der Waals surface area contributed by atoms with Gasteiger partial charge >= 0.3 is 11.3 Å². The van der Waals surface area contributed by atoms with Gasteiger partial charge in [-0.05, 0) is 32.2 Å². The van der Waals surface area contributed by atoms with Crippen molar-refractivity contribution in [2.24, 2.45) is 5.16 Å². The Kier molecular flexibility index (Phi) is 4.15. The van der Waals surface area contributed by atoms with Crippen LogP contribution in [0.4, 0.5) is 0 Å². The maximum Gasteiger partial charge on any atom is 0.339 e. The Morgan fingerprint density at radius 1 is 1.43 bits per heavy atom. The second-order valence-corrected chi connectivity index (χ2v) is 4.23. The first-order chi connectivity index (χ1) is 6.59. The van der Waals surface area contributed by atoms with Crippen molar-refractivity contribution in [1.82, 2.24) is 14.5 Å². The van der Waals surface area contributed by atoms with Gasteiger partial charge in [-0.25, -0.2) is 4.72 Å². The molecule has 0 saturated heterocycles. The molecule has 0 aromatic rings. The fourth-order valence-electron chi connectivity index (χ4n) is 1.06. The number of oxime groups is 1. The summed E-state index contributed by atoms with van der Waals surface area (Å²) in [5.74, 6) is 0.530. The van der Waals surface area contributed by atoms with Crippen molar-refractivity contribution in [2.75, 3.05) is 34.2 Å². The van der Waals surface area contributed by atoms with Gasteiger partial charge in [-0.1, -0.05) is 0 Å². The van der Waals surface area contributed by atoms with Crippen molar-refractivity contribution >= 4 is 17.2 Å². The van der Waals surface area contributed by atoms with Crippen molar-refractivity contribution in [1.29, 1.82) is 0 Å². The molecule has 82 valence electrons. The smallest absolute Gasteiger partial charge is 0.339 e. The van der Waals surface area contributed by atoms with E-state index in [-0.39, 0.29) is 0 Å². The highest BCUT2D eigenvalue weighted by molar-refractivity contribution is 7.79. The minimum Gasteiger partial charge on any atom is -0.342 e. The summed E-state index contributed by atoms with van der Waals surface area (Å²) >= 11 is -1.49. The fourth-order valence-corrected chi connectivity index (χ4v) is 1.58. The molecule has 1 aliphatic rings. The lowest BCUT2D eigenvalue weighted by Crippen LogP contribution is -2.37. The van der Waals surface area contributed by atoms with Crippen LogP contribution in [0.1, 0.15) is 6.42 Å². The van der Waals surface area contributed by atoms with Crippen LogP contribution in [-0.4, -0.2) is 54.2 Å². The summed E-state index contributed by atoms with van der Waals surface area (Å²) < 4.78 is 17.9. The van der Waals surface area contributed by atoms with Crippen molar-refractivity contribution < 1.29 is 8.49 Å². The van der Waals surface area contributed by atoms with Gasteiger partial charge < -0.3 is 9.80 Å². The average Bonchev–Trinajstić information content (AvgIpc) is 2.51. The standard InChI is InChI=1S/C7H16N4O2S/c1-10(2)5-4-6-11(3)7-8-13-14(12)9-7/h4-6H2,1-3H3,(H,8,9). The zero-order valence-electron chi connectivity index (χ0n) is 8.69. The molecule has 7 heteroatoms. The third-order valence-electron chi connectivity index (χ3n) is 1.83. The molecule has 0 bridgehead atoms. The first-order valence-electron chi connectivity index (χ1n) is 4.39. The van der Waals surface area contributed by atoms with E-state index in [0.717, 1.165) is 19.5 Å². The van der Waals surface area contributed by atoms with Gasteiger partial charge in [-0.15, -0.1) is 0 Å². The molecule has 0 aromatic heterocycles. The summed E-state index contributed by atoms with van der Waals surface area (Å²) in [6, 6.07) is 0. The van der Waals surface area contributed by atoms with Gasteiger partial charge in [-0.3, -0.25) is 4.28 Å². The van der Waals surface area contributed by atoms with E-state index in [9.17, 15) is 4.21 Å². The molecule has 0 aliphatic carbocycles. The molecule has 6 nitrogen and oxygen atoms in total. The molecule has 0 aromatic carbocycles. The van der Waals surface area contributed by atoms with Crippen LogP contribution in [0.2, 0.25) is 0 Å². The van der Waals surface area contributed by atoms with Crippen LogP contribution in [0.3, 0.4) is 0 Å². The lowest BCUT2D eigenvalue weighted by molar-refractivity contribution is 0.355. The number of hydrogen-bond acceptors (Lipinski definition) is 5. The summed E-state index contributed by atoms with van der Waals surface area (Å²) in [7, 11) is 5.94. The SMILES string of the molecule is CN(C)CCCN(C)C1=NOS(=O)N1. The normalized spacial score (nSPS) is 20.3. The predicted molar refractivity (Wildman–Crippen MR) is 55.6 cm³/mol. The second-order valence-electron chi connectivity index (χ2n) is 3.40. The highest BCUT2D eigenvalue weighted by atomic mass is 32.2. The van der Waals surface area contributed by atoms with Crippen LogP contribution >= 0.6 is 0 Å². The second kappa shape index (κ2) is 5.16. The molecule has 0 saturated carbocycles. The Bertz CT molecular complexity index is 244. The van der Waals surface area contributed by atoms with Crippen LogP contribution in [0, 0.1) is 0 Å². The maximum atomic E-state index is 10.8. The third-order valence-corrected chi connectivity index (χ3v) is 2.39. The first-order valence-corrected chi connectivity index (χ1v) is 5.47. The van der Waals surface area contributed by atoms with Gasteiger partial charge in [0.25, 0.3) is 5.96 Å². The van der Waals surface area contributed by atoms with E-state index in [0.29, 0.717) is 5.96 Å². The summed E-state index contributed by atoms with van der Waals surface area (Å²) in [6.07, 6.45) is 1.02. The highest BCUT2D eigenvalue weighted by Crippen LogP contribution is 1.98. The molecular weight excluding hydrogens is 204 g/mol. The van der Waals surface area contributed by atoms with E-state index in [1.807, 2.05) is 26.0 Å². The number of hydrogen-bond donors (Lipinski definition) is 1. The molecule has 1 atom stereocenters. The van der Waals surface area contributed by atoms with Gasteiger partial charge in [0.1, 0.15) is 0 Å². The van der Waals surface area contributed by atoms with Crippen LogP contribution < -0.4 is 4.72 Å². The minimum absolute atomic E-state index is 0.530. The average molecular weight is 220 g/mol. The Labute approximate surface area is 86.7 Å². The van der Waals surface area contributed by atoms with E-state index < -0.39 is 11.3 Å². The quantitative estimate of drug-likeness (QED) is 0.683. The van der Waals surface area contributed by atoms with Crippen LogP contribution in [0.5, 0.6) is 0 Å². The van der Waals surface area contributed by atoms with Gasteiger partial charge in [0.05, 0.1) is 0 Å². The van der Waals surface area contributed by atoms with Crippen molar-refractivity contribution in [2.45, 2.75) is 6.42 Å². The van der Waals surface area contributed by atoms with Gasteiger partial charge in [0.2, 0.25) is 0 Å². The van der Waals surface area contributed by atoms with Gasteiger partial charge in [0, 0.05) is 13.6 Å². The molecule has 14 heavy (non-hydrogen) atoms. The van der Waals surface area contributed by atoms with E-state index in [1.165, 1.54) is 0 Å². The summed E-state index contributed by atoms with van der Waals surface area (Å²) in [5.41, 5.74) is 0. The molecule has 1 heterocycles. The zero-order valence-corrected chi connectivity index (χ0v) is 9.50.